The van der Waals surface area contributed by atoms with E-state index in [1.807, 2.05) is 32.3 Å². The van der Waals surface area contributed by atoms with Crippen molar-refractivity contribution in [3.63, 3.8) is 0 Å². The number of nitrogens with zero attached hydrogens (tertiary/aromatic N) is 3. The predicted molar refractivity (Wildman–Crippen MR) is 76.2 cm³/mol. The number of carbonyl (C=O) groups is 1. The van der Waals surface area contributed by atoms with Crippen molar-refractivity contribution < 1.29 is 9.53 Å². The van der Waals surface area contributed by atoms with Gasteiger partial charge in [-0.25, -0.2) is 0 Å². The lowest BCUT2D eigenvalue weighted by molar-refractivity contribution is -0.151. The first-order valence-electron chi connectivity index (χ1n) is 6.25. The summed E-state index contributed by atoms with van der Waals surface area (Å²) in [5, 5.41) is 8.92. The molecule has 1 aromatic rings. The van der Waals surface area contributed by atoms with Gasteiger partial charge in [0.15, 0.2) is 5.16 Å². The van der Waals surface area contributed by atoms with Crippen LogP contribution >= 0.6 is 11.8 Å². The highest BCUT2D eigenvalue weighted by atomic mass is 32.2. The van der Waals surface area contributed by atoms with Gasteiger partial charge in [0.1, 0.15) is 11.4 Å². The number of thioether (sulfide) groups is 1. The Kier molecular flexibility index (Phi) is 5.60. The fourth-order valence-corrected chi connectivity index (χ4v) is 2.23. The van der Waals surface area contributed by atoms with E-state index in [0.717, 1.165) is 17.4 Å². The van der Waals surface area contributed by atoms with Crippen molar-refractivity contribution in [3.05, 3.63) is 18.5 Å². The minimum atomic E-state index is -0.457. The molecule has 0 saturated heterocycles. The Hall–Kier alpha value is -1.30. The zero-order valence-electron chi connectivity index (χ0n) is 12.0. The van der Waals surface area contributed by atoms with Crippen molar-refractivity contribution >= 4 is 17.7 Å². The average molecular weight is 283 g/mol. The Morgan fingerprint density at radius 1 is 1.47 bits per heavy atom. The van der Waals surface area contributed by atoms with Crippen LogP contribution in [-0.4, -0.2) is 32.1 Å². The molecule has 0 spiro atoms. The van der Waals surface area contributed by atoms with Gasteiger partial charge in [-0.2, -0.15) is 0 Å². The minimum Gasteiger partial charge on any atom is -0.459 e. The number of ether oxygens (including phenoxy) is 1. The predicted octanol–water partition coefficient (Wildman–Crippen LogP) is 2.46. The number of hydrogen-bond acceptors (Lipinski definition) is 5. The van der Waals surface area contributed by atoms with Crippen molar-refractivity contribution in [1.29, 1.82) is 0 Å². The molecule has 106 valence electrons. The standard InChI is InChI=1S/C13H21N3O2S/c1-6-8-16-10(7-2)14-15-12(16)19-9-11(17)18-13(3,4)5/h6H,1,7-9H2,2-5H3. The number of aromatic nitrogens is 3. The molecule has 0 aliphatic carbocycles. The number of carbonyl (C=O) groups excluding carboxylic acids is 1. The number of esters is 1. The van der Waals surface area contributed by atoms with Crippen molar-refractivity contribution in [2.24, 2.45) is 0 Å². The maximum absolute atomic E-state index is 11.7. The van der Waals surface area contributed by atoms with Crippen LogP contribution in [0.15, 0.2) is 17.8 Å². The summed E-state index contributed by atoms with van der Waals surface area (Å²) in [7, 11) is 0. The quantitative estimate of drug-likeness (QED) is 0.456. The highest BCUT2D eigenvalue weighted by Crippen LogP contribution is 2.19. The maximum atomic E-state index is 11.7. The molecule has 0 amide bonds. The number of rotatable bonds is 6. The van der Waals surface area contributed by atoms with E-state index < -0.39 is 5.60 Å². The van der Waals surface area contributed by atoms with Crippen molar-refractivity contribution in [1.82, 2.24) is 14.8 Å². The van der Waals surface area contributed by atoms with Crippen LogP contribution in [0.3, 0.4) is 0 Å². The fourth-order valence-electron chi connectivity index (χ4n) is 1.49. The molecule has 0 saturated carbocycles. The van der Waals surface area contributed by atoms with Crippen molar-refractivity contribution in [3.8, 4) is 0 Å². The first kappa shape index (κ1) is 15.8. The van der Waals surface area contributed by atoms with Crippen LogP contribution in [-0.2, 0) is 22.5 Å². The summed E-state index contributed by atoms with van der Waals surface area (Å²) in [4.78, 5) is 11.7. The number of aryl methyl sites for hydroxylation is 1. The van der Waals surface area contributed by atoms with Gasteiger partial charge in [-0.3, -0.25) is 4.79 Å². The number of allylic oxidation sites excluding steroid dienone is 1. The molecule has 1 heterocycles. The summed E-state index contributed by atoms with van der Waals surface area (Å²) in [5.74, 6) is 0.881. The summed E-state index contributed by atoms with van der Waals surface area (Å²) in [6, 6.07) is 0. The van der Waals surface area contributed by atoms with Gasteiger partial charge in [0.2, 0.25) is 0 Å². The van der Waals surface area contributed by atoms with Gasteiger partial charge in [0.05, 0.1) is 5.75 Å². The van der Waals surface area contributed by atoms with E-state index in [4.69, 9.17) is 4.74 Å². The van der Waals surface area contributed by atoms with Crippen LogP contribution in [0, 0.1) is 0 Å². The van der Waals surface area contributed by atoms with Crippen LogP contribution in [0.2, 0.25) is 0 Å². The van der Waals surface area contributed by atoms with E-state index >= 15 is 0 Å². The van der Waals surface area contributed by atoms with E-state index in [1.54, 1.807) is 6.08 Å². The average Bonchev–Trinajstić information content (AvgIpc) is 2.67. The Bertz CT molecular complexity index is 449. The lowest BCUT2D eigenvalue weighted by Gasteiger charge is -2.19. The largest absolute Gasteiger partial charge is 0.459 e. The van der Waals surface area contributed by atoms with Gasteiger partial charge in [-0.1, -0.05) is 24.8 Å². The zero-order valence-corrected chi connectivity index (χ0v) is 12.8. The molecule has 0 aliphatic heterocycles. The lowest BCUT2D eigenvalue weighted by atomic mass is 10.2. The monoisotopic (exact) mass is 283 g/mol. The maximum Gasteiger partial charge on any atom is 0.316 e. The van der Waals surface area contributed by atoms with Gasteiger partial charge in [0.25, 0.3) is 0 Å². The molecule has 0 fully saturated rings. The molecule has 0 aromatic carbocycles. The third-order valence-electron chi connectivity index (χ3n) is 2.16. The van der Waals surface area contributed by atoms with E-state index in [0.29, 0.717) is 6.54 Å². The third-order valence-corrected chi connectivity index (χ3v) is 3.10. The SMILES string of the molecule is C=CCn1c(CC)nnc1SCC(=O)OC(C)(C)C. The molecule has 1 rings (SSSR count). The molecular formula is C13H21N3O2S. The third kappa shape index (κ3) is 5.06. The molecule has 0 bridgehead atoms. The summed E-state index contributed by atoms with van der Waals surface area (Å²) < 4.78 is 7.22. The molecule has 0 unspecified atom stereocenters. The Labute approximate surface area is 118 Å². The molecule has 0 radical (unpaired) electrons. The smallest absolute Gasteiger partial charge is 0.316 e. The summed E-state index contributed by atoms with van der Waals surface area (Å²) in [6.07, 6.45) is 2.59. The Balaban J connectivity index is 2.65. The van der Waals surface area contributed by atoms with Gasteiger partial charge < -0.3 is 9.30 Å². The minimum absolute atomic E-state index is 0.232. The van der Waals surface area contributed by atoms with Crippen LogP contribution < -0.4 is 0 Å². The Morgan fingerprint density at radius 3 is 2.68 bits per heavy atom. The lowest BCUT2D eigenvalue weighted by Crippen LogP contribution is -2.25. The first-order chi connectivity index (χ1) is 8.87. The Morgan fingerprint density at radius 2 is 2.16 bits per heavy atom. The van der Waals surface area contributed by atoms with E-state index in [2.05, 4.69) is 16.8 Å². The number of hydrogen-bond donors (Lipinski definition) is 0. The van der Waals surface area contributed by atoms with E-state index in [1.165, 1.54) is 11.8 Å². The molecular weight excluding hydrogens is 262 g/mol. The van der Waals surface area contributed by atoms with E-state index in [9.17, 15) is 4.79 Å². The molecule has 0 atom stereocenters. The highest BCUT2D eigenvalue weighted by molar-refractivity contribution is 7.99. The van der Waals surface area contributed by atoms with Gasteiger partial charge in [-0.05, 0) is 20.8 Å². The van der Waals surface area contributed by atoms with Crippen molar-refractivity contribution in [2.45, 2.75) is 51.4 Å². The van der Waals surface area contributed by atoms with Gasteiger partial charge in [0, 0.05) is 13.0 Å². The van der Waals surface area contributed by atoms with Crippen molar-refractivity contribution in [2.75, 3.05) is 5.75 Å². The summed E-state index contributed by atoms with van der Waals surface area (Å²) >= 11 is 1.34. The van der Waals surface area contributed by atoms with Gasteiger partial charge in [-0.15, -0.1) is 16.8 Å². The highest BCUT2D eigenvalue weighted by Gasteiger charge is 2.18. The van der Waals surface area contributed by atoms with E-state index in [-0.39, 0.29) is 11.7 Å². The molecule has 0 N–H and O–H groups in total. The zero-order chi connectivity index (χ0) is 14.5. The van der Waals surface area contributed by atoms with Crippen LogP contribution in [0.5, 0.6) is 0 Å². The molecule has 1 aromatic heterocycles. The first-order valence-corrected chi connectivity index (χ1v) is 7.23. The summed E-state index contributed by atoms with van der Waals surface area (Å²) in [6.45, 7) is 11.9. The summed E-state index contributed by atoms with van der Waals surface area (Å²) in [5.41, 5.74) is -0.457. The molecule has 5 nitrogen and oxygen atoms in total. The van der Waals surface area contributed by atoms with Gasteiger partial charge >= 0.3 is 5.97 Å². The topological polar surface area (TPSA) is 57.0 Å². The second-order valence-corrected chi connectivity index (χ2v) is 5.97. The van der Waals surface area contributed by atoms with Crippen LogP contribution in [0.4, 0.5) is 0 Å². The second-order valence-electron chi connectivity index (χ2n) is 5.03. The normalized spacial score (nSPS) is 11.4. The second kappa shape index (κ2) is 6.75. The van der Waals surface area contributed by atoms with Crippen LogP contribution in [0.25, 0.3) is 0 Å². The molecule has 0 aliphatic rings. The molecule has 6 heteroatoms. The fraction of sp³-hybridized carbons (Fsp3) is 0.615. The van der Waals surface area contributed by atoms with Crippen LogP contribution in [0.1, 0.15) is 33.5 Å². The molecule has 19 heavy (non-hydrogen) atoms.